The molecule has 0 bridgehead atoms. The number of aromatic nitrogens is 4. The number of benzene rings is 1. The highest BCUT2D eigenvalue weighted by molar-refractivity contribution is 6.30. The highest BCUT2D eigenvalue weighted by Gasteiger charge is 2.23. The molecule has 3 aromatic rings. The quantitative estimate of drug-likeness (QED) is 0.784. The first-order valence-electron chi connectivity index (χ1n) is 7.56. The van der Waals surface area contributed by atoms with E-state index in [0.717, 1.165) is 47.3 Å². The van der Waals surface area contributed by atoms with Gasteiger partial charge in [0.05, 0.1) is 5.69 Å². The summed E-state index contributed by atoms with van der Waals surface area (Å²) in [6, 6.07) is 9.82. The molecule has 0 saturated carbocycles. The van der Waals surface area contributed by atoms with Crippen molar-refractivity contribution >= 4 is 17.4 Å². The van der Waals surface area contributed by atoms with Crippen LogP contribution in [0.5, 0.6) is 0 Å². The van der Waals surface area contributed by atoms with Crippen LogP contribution < -0.4 is 4.90 Å². The van der Waals surface area contributed by atoms with Crippen molar-refractivity contribution in [1.82, 2.24) is 20.2 Å². The molecule has 0 unspecified atom stereocenters. The van der Waals surface area contributed by atoms with Gasteiger partial charge in [-0.2, -0.15) is 5.10 Å². The third-order valence-corrected chi connectivity index (χ3v) is 4.42. The summed E-state index contributed by atoms with van der Waals surface area (Å²) in [5.74, 6) is 0.964. The highest BCUT2D eigenvalue weighted by Crippen LogP contribution is 2.30. The topological polar surface area (TPSA) is 57.7 Å². The number of hydrogen-bond acceptors (Lipinski definition) is 4. The first-order chi connectivity index (χ1) is 11.2. The van der Waals surface area contributed by atoms with E-state index in [4.69, 9.17) is 11.6 Å². The predicted octanol–water partition coefficient (Wildman–Crippen LogP) is 3.39. The zero-order chi connectivity index (χ0) is 15.8. The number of hydrogen-bond donors (Lipinski definition) is 1. The van der Waals surface area contributed by atoms with E-state index < -0.39 is 0 Å². The minimum atomic E-state index is 0.733. The normalized spacial score (nSPS) is 13.9. The van der Waals surface area contributed by atoms with Crippen LogP contribution in [0.3, 0.4) is 0 Å². The third-order valence-electron chi connectivity index (χ3n) is 4.16. The summed E-state index contributed by atoms with van der Waals surface area (Å²) in [4.78, 5) is 10.8. The van der Waals surface area contributed by atoms with Gasteiger partial charge < -0.3 is 4.90 Å². The van der Waals surface area contributed by atoms with Crippen molar-refractivity contribution in [2.24, 2.45) is 0 Å². The van der Waals surface area contributed by atoms with Gasteiger partial charge in [0.2, 0.25) is 0 Å². The minimum absolute atomic E-state index is 0.733. The first-order valence-corrected chi connectivity index (χ1v) is 7.94. The van der Waals surface area contributed by atoms with Crippen molar-refractivity contribution in [3.05, 3.63) is 58.6 Å². The van der Waals surface area contributed by atoms with E-state index in [0.29, 0.717) is 0 Å². The summed E-state index contributed by atoms with van der Waals surface area (Å²) in [5, 5.41) is 8.43. The standard InChI is InChI=1S/C17H16ClN5/c1-11-8-16(20-10-19-11)23-7-6-15-14(9-23)17(22-21-15)12-2-4-13(18)5-3-12/h2-5,8,10H,6-7,9H2,1H3,(H,21,22). The second-order valence-electron chi connectivity index (χ2n) is 5.73. The van der Waals surface area contributed by atoms with Gasteiger partial charge >= 0.3 is 0 Å². The maximum Gasteiger partial charge on any atom is 0.132 e. The lowest BCUT2D eigenvalue weighted by Gasteiger charge is -2.28. The average molecular weight is 326 g/mol. The second kappa shape index (κ2) is 5.66. The molecular weight excluding hydrogens is 310 g/mol. The largest absolute Gasteiger partial charge is 0.352 e. The number of halogens is 1. The van der Waals surface area contributed by atoms with Crippen LogP contribution in [-0.2, 0) is 13.0 Å². The number of aromatic amines is 1. The molecule has 1 N–H and O–H groups in total. The van der Waals surface area contributed by atoms with Crippen LogP contribution in [-0.4, -0.2) is 26.7 Å². The first kappa shape index (κ1) is 14.2. The van der Waals surface area contributed by atoms with E-state index in [-0.39, 0.29) is 0 Å². The van der Waals surface area contributed by atoms with Crippen LogP contribution in [0.1, 0.15) is 17.0 Å². The number of nitrogens with one attached hydrogen (secondary N) is 1. The minimum Gasteiger partial charge on any atom is -0.352 e. The summed E-state index contributed by atoms with van der Waals surface area (Å²) in [6.07, 6.45) is 2.55. The van der Waals surface area contributed by atoms with Gasteiger partial charge in [0.15, 0.2) is 0 Å². The van der Waals surface area contributed by atoms with Crippen molar-refractivity contribution in [2.45, 2.75) is 19.9 Å². The molecule has 5 nitrogen and oxygen atoms in total. The van der Waals surface area contributed by atoms with E-state index in [2.05, 4.69) is 25.1 Å². The molecule has 116 valence electrons. The zero-order valence-corrected chi connectivity index (χ0v) is 13.5. The number of aryl methyl sites for hydroxylation is 1. The van der Waals surface area contributed by atoms with Crippen molar-refractivity contribution < 1.29 is 0 Å². The van der Waals surface area contributed by atoms with Crippen LogP contribution in [0.2, 0.25) is 5.02 Å². The number of H-pyrrole nitrogens is 1. The zero-order valence-electron chi connectivity index (χ0n) is 12.8. The van der Waals surface area contributed by atoms with Gasteiger partial charge in [-0.15, -0.1) is 0 Å². The van der Waals surface area contributed by atoms with Crippen LogP contribution in [0.15, 0.2) is 36.7 Å². The van der Waals surface area contributed by atoms with E-state index in [9.17, 15) is 0 Å². The molecule has 0 spiro atoms. The SMILES string of the molecule is Cc1cc(N2CCc3[nH]nc(-c4ccc(Cl)cc4)c3C2)ncn1. The Labute approximate surface area is 139 Å². The second-order valence-corrected chi connectivity index (χ2v) is 6.16. The molecule has 1 aliphatic rings. The van der Waals surface area contributed by atoms with E-state index >= 15 is 0 Å². The molecule has 2 aromatic heterocycles. The molecule has 0 fully saturated rings. The van der Waals surface area contributed by atoms with Crippen LogP contribution in [0.4, 0.5) is 5.82 Å². The highest BCUT2D eigenvalue weighted by atomic mass is 35.5. The van der Waals surface area contributed by atoms with Crippen LogP contribution >= 0.6 is 11.6 Å². The lowest BCUT2D eigenvalue weighted by molar-refractivity contribution is 0.709. The maximum atomic E-state index is 5.98. The van der Waals surface area contributed by atoms with Crippen molar-refractivity contribution in [3.8, 4) is 11.3 Å². The van der Waals surface area contributed by atoms with Gasteiger partial charge in [-0.25, -0.2) is 9.97 Å². The van der Waals surface area contributed by atoms with Gasteiger partial charge in [0, 0.05) is 53.1 Å². The average Bonchev–Trinajstić information content (AvgIpc) is 2.99. The Hall–Kier alpha value is -2.40. The lowest BCUT2D eigenvalue weighted by Crippen LogP contribution is -2.31. The Morgan fingerprint density at radius 2 is 2.00 bits per heavy atom. The number of anilines is 1. The molecule has 1 aromatic carbocycles. The van der Waals surface area contributed by atoms with Gasteiger partial charge in [0.25, 0.3) is 0 Å². The molecule has 0 atom stereocenters. The number of rotatable bonds is 2. The number of fused-ring (bicyclic) bond motifs is 1. The molecule has 0 saturated heterocycles. The Kier molecular flexibility index (Phi) is 3.50. The smallest absolute Gasteiger partial charge is 0.132 e. The van der Waals surface area contributed by atoms with E-state index in [1.165, 1.54) is 11.3 Å². The molecule has 6 heteroatoms. The molecule has 1 aliphatic heterocycles. The third kappa shape index (κ3) is 2.68. The van der Waals surface area contributed by atoms with Crippen molar-refractivity contribution in [2.75, 3.05) is 11.4 Å². The molecule has 0 aliphatic carbocycles. The lowest BCUT2D eigenvalue weighted by atomic mass is 10.0. The monoisotopic (exact) mass is 325 g/mol. The molecular formula is C17H16ClN5. The van der Waals surface area contributed by atoms with Crippen molar-refractivity contribution in [3.63, 3.8) is 0 Å². The summed E-state index contributed by atoms with van der Waals surface area (Å²) >= 11 is 5.98. The summed E-state index contributed by atoms with van der Waals surface area (Å²) in [7, 11) is 0. The Morgan fingerprint density at radius 3 is 2.78 bits per heavy atom. The fourth-order valence-corrected chi connectivity index (χ4v) is 3.08. The molecule has 4 rings (SSSR count). The van der Waals surface area contributed by atoms with Gasteiger partial charge in [-0.1, -0.05) is 23.7 Å². The van der Waals surface area contributed by atoms with Gasteiger partial charge in [-0.3, -0.25) is 5.10 Å². The summed E-state index contributed by atoms with van der Waals surface area (Å²) < 4.78 is 0. The van der Waals surface area contributed by atoms with Crippen LogP contribution in [0, 0.1) is 6.92 Å². The van der Waals surface area contributed by atoms with Crippen molar-refractivity contribution in [1.29, 1.82) is 0 Å². The van der Waals surface area contributed by atoms with E-state index in [1.807, 2.05) is 37.3 Å². The summed E-state index contributed by atoms with van der Waals surface area (Å²) in [5.41, 5.74) is 5.48. The predicted molar refractivity (Wildman–Crippen MR) is 90.6 cm³/mol. The van der Waals surface area contributed by atoms with Gasteiger partial charge in [-0.05, 0) is 19.1 Å². The fourth-order valence-electron chi connectivity index (χ4n) is 2.95. The molecule has 3 heterocycles. The van der Waals surface area contributed by atoms with E-state index in [1.54, 1.807) is 6.33 Å². The fraction of sp³-hybridized carbons (Fsp3) is 0.235. The van der Waals surface area contributed by atoms with Crippen LogP contribution in [0.25, 0.3) is 11.3 Å². The van der Waals surface area contributed by atoms with Gasteiger partial charge in [0.1, 0.15) is 12.1 Å². The number of nitrogens with zero attached hydrogens (tertiary/aromatic N) is 4. The molecule has 23 heavy (non-hydrogen) atoms. The molecule has 0 radical (unpaired) electrons. The Bertz CT molecular complexity index is 840. The Balaban J connectivity index is 1.69. The molecule has 0 amide bonds. The maximum absolute atomic E-state index is 5.98. The summed E-state index contributed by atoms with van der Waals surface area (Å²) in [6.45, 7) is 3.70. The Morgan fingerprint density at radius 1 is 1.17 bits per heavy atom.